The number of nitrogens with zero attached hydrogens (tertiary/aromatic N) is 2. The number of aromatic nitrogens is 2. The molecule has 1 aromatic carbocycles. The predicted octanol–water partition coefficient (Wildman–Crippen LogP) is 4.64. The molecule has 6 heteroatoms. The molecular weight excluding hydrogens is 396 g/mol. The van der Waals surface area contributed by atoms with Gasteiger partial charge in [-0.05, 0) is 79.9 Å². The number of benzene rings is 1. The van der Waals surface area contributed by atoms with Crippen LogP contribution in [0.2, 0.25) is 0 Å². The van der Waals surface area contributed by atoms with Gasteiger partial charge in [0.2, 0.25) is 0 Å². The lowest BCUT2D eigenvalue weighted by atomic mass is 9.81. The third-order valence-electron chi connectivity index (χ3n) is 4.53. The van der Waals surface area contributed by atoms with Gasteiger partial charge in [-0.15, -0.1) is 10.2 Å². The van der Waals surface area contributed by atoms with Gasteiger partial charge in [-0.1, -0.05) is 12.1 Å². The van der Waals surface area contributed by atoms with Crippen LogP contribution < -0.4 is 0 Å². The van der Waals surface area contributed by atoms with E-state index in [1.807, 2.05) is 37.3 Å². The minimum atomic E-state index is -1.02. The molecule has 0 saturated heterocycles. The molecule has 26 heavy (non-hydrogen) atoms. The summed E-state index contributed by atoms with van der Waals surface area (Å²) in [5, 5.41) is 19.0. The second kappa shape index (κ2) is 6.28. The molecular formula is C20H21BrN2O3. The van der Waals surface area contributed by atoms with Crippen LogP contribution in [-0.2, 0) is 9.53 Å². The molecule has 0 spiro atoms. The van der Waals surface area contributed by atoms with Crippen LogP contribution >= 0.6 is 15.9 Å². The van der Waals surface area contributed by atoms with Crippen molar-refractivity contribution in [2.75, 3.05) is 0 Å². The minimum absolute atomic E-state index is 0.0519. The van der Waals surface area contributed by atoms with Crippen molar-refractivity contribution in [3.05, 3.63) is 51.8 Å². The molecule has 0 radical (unpaired) electrons. The zero-order valence-corrected chi connectivity index (χ0v) is 17.0. The molecule has 0 atom stereocenters. The first kappa shape index (κ1) is 18.7. The lowest BCUT2D eigenvalue weighted by Crippen LogP contribution is -2.49. The fraction of sp³-hybridized carbons (Fsp3) is 0.350. The maximum absolute atomic E-state index is 13.0. The van der Waals surface area contributed by atoms with Gasteiger partial charge in [-0.2, -0.15) is 0 Å². The summed E-state index contributed by atoms with van der Waals surface area (Å²) in [5.41, 5.74) is 1.41. The molecule has 1 aromatic heterocycles. The minimum Gasteiger partial charge on any atom is -0.508 e. The van der Waals surface area contributed by atoms with Crippen molar-refractivity contribution in [2.24, 2.45) is 0 Å². The summed E-state index contributed by atoms with van der Waals surface area (Å²) in [6, 6.07) is 9.36. The Morgan fingerprint density at radius 3 is 2.35 bits per heavy atom. The van der Waals surface area contributed by atoms with Crippen LogP contribution in [0, 0.1) is 6.92 Å². The number of ketones is 1. The summed E-state index contributed by atoms with van der Waals surface area (Å²) in [5.74, 6) is -0.291. The molecule has 1 N–H and O–H groups in total. The molecule has 0 aliphatic carbocycles. The molecule has 5 nitrogen and oxygen atoms in total. The number of hydrogen-bond donors (Lipinski definition) is 1. The summed E-state index contributed by atoms with van der Waals surface area (Å²) < 4.78 is 6.47. The highest BCUT2D eigenvalue weighted by Gasteiger charge is 2.47. The van der Waals surface area contributed by atoms with Crippen molar-refractivity contribution in [1.82, 2.24) is 10.2 Å². The van der Waals surface area contributed by atoms with E-state index in [0.29, 0.717) is 21.4 Å². The average molecular weight is 417 g/mol. The molecule has 3 rings (SSSR count). The summed E-state index contributed by atoms with van der Waals surface area (Å²) in [4.78, 5) is 13.0. The van der Waals surface area contributed by atoms with Crippen LogP contribution in [0.1, 0.15) is 38.8 Å². The molecule has 0 amide bonds. The molecule has 2 heterocycles. The number of halogens is 1. The van der Waals surface area contributed by atoms with E-state index < -0.39 is 11.2 Å². The quantitative estimate of drug-likeness (QED) is 0.771. The van der Waals surface area contributed by atoms with Crippen LogP contribution in [0.15, 0.2) is 40.7 Å². The van der Waals surface area contributed by atoms with Crippen molar-refractivity contribution in [1.29, 1.82) is 0 Å². The Hall–Kier alpha value is -2.05. The van der Waals surface area contributed by atoms with Crippen molar-refractivity contribution in [3.8, 4) is 11.3 Å². The highest BCUT2D eigenvalue weighted by atomic mass is 79.9. The topological polar surface area (TPSA) is 72.3 Å². The van der Waals surface area contributed by atoms with Crippen molar-refractivity contribution in [3.63, 3.8) is 0 Å². The fourth-order valence-electron chi connectivity index (χ4n) is 3.21. The molecule has 0 bridgehead atoms. The lowest BCUT2D eigenvalue weighted by molar-refractivity contribution is -0.158. The molecule has 2 aromatic rings. The second-order valence-corrected chi connectivity index (χ2v) is 8.26. The Labute approximate surface area is 161 Å². The molecule has 0 saturated carbocycles. The fourth-order valence-corrected chi connectivity index (χ4v) is 3.42. The number of aryl methyl sites for hydroxylation is 1. The first-order valence-corrected chi connectivity index (χ1v) is 9.11. The molecule has 1 aliphatic rings. The van der Waals surface area contributed by atoms with E-state index in [1.54, 1.807) is 27.7 Å². The van der Waals surface area contributed by atoms with Crippen LogP contribution in [-0.4, -0.2) is 32.3 Å². The van der Waals surface area contributed by atoms with E-state index in [2.05, 4.69) is 26.1 Å². The molecule has 0 fully saturated rings. The predicted molar refractivity (Wildman–Crippen MR) is 104 cm³/mol. The maximum Gasteiger partial charge on any atom is 0.198 e. The first-order valence-electron chi connectivity index (χ1n) is 8.32. The van der Waals surface area contributed by atoms with Gasteiger partial charge in [0.25, 0.3) is 0 Å². The van der Waals surface area contributed by atoms with Gasteiger partial charge < -0.3 is 9.84 Å². The third-order valence-corrected chi connectivity index (χ3v) is 4.95. The number of Topliss-reactive ketones (excluding diaryl/α,β-unsaturated/α-hetero) is 1. The SMILES string of the molecule is Cc1ccc(-c2ccc(Br)nn2)cc1C1=C(O)C(C)(C)OC(C)(C)C1=O. The Balaban J connectivity index is 2.21. The Bertz CT molecular complexity index is 915. The zero-order chi connectivity index (χ0) is 19.3. The van der Waals surface area contributed by atoms with Gasteiger partial charge in [0.15, 0.2) is 5.78 Å². The van der Waals surface area contributed by atoms with Crippen molar-refractivity contribution in [2.45, 2.75) is 45.8 Å². The van der Waals surface area contributed by atoms with Gasteiger partial charge in [-0.25, -0.2) is 0 Å². The largest absolute Gasteiger partial charge is 0.508 e. The van der Waals surface area contributed by atoms with Gasteiger partial charge >= 0.3 is 0 Å². The Kier molecular flexibility index (Phi) is 4.53. The number of rotatable bonds is 2. The molecule has 0 unspecified atom stereocenters. The number of carbonyl (C=O) groups is 1. The van der Waals surface area contributed by atoms with E-state index in [9.17, 15) is 9.90 Å². The van der Waals surface area contributed by atoms with Gasteiger partial charge in [0, 0.05) is 5.56 Å². The summed E-state index contributed by atoms with van der Waals surface area (Å²) in [6.45, 7) is 8.88. The van der Waals surface area contributed by atoms with Crippen molar-refractivity contribution < 1.29 is 14.6 Å². The monoisotopic (exact) mass is 416 g/mol. The van der Waals surface area contributed by atoms with Crippen LogP contribution in [0.5, 0.6) is 0 Å². The van der Waals surface area contributed by atoms with Gasteiger partial charge in [0.1, 0.15) is 21.6 Å². The lowest BCUT2D eigenvalue weighted by Gasteiger charge is -2.40. The van der Waals surface area contributed by atoms with Crippen molar-refractivity contribution >= 4 is 27.3 Å². The van der Waals surface area contributed by atoms with Crippen LogP contribution in [0.25, 0.3) is 16.8 Å². The Morgan fingerprint density at radius 1 is 1.04 bits per heavy atom. The van der Waals surface area contributed by atoms with E-state index in [-0.39, 0.29) is 11.5 Å². The van der Waals surface area contributed by atoms with Gasteiger partial charge in [-0.3, -0.25) is 4.79 Å². The normalized spacial score (nSPS) is 18.9. The highest BCUT2D eigenvalue weighted by molar-refractivity contribution is 9.10. The maximum atomic E-state index is 13.0. The van der Waals surface area contributed by atoms with E-state index in [0.717, 1.165) is 11.1 Å². The molecule has 136 valence electrons. The highest BCUT2D eigenvalue weighted by Crippen LogP contribution is 2.41. The number of carbonyl (C=O) groups excluding carboxylic acids is 1. The Morgan fingerprint density at radius 2 is 1.73 bits per heavy atom. The number of aliphatic hydroxyl groups is 1. The van der Waals surface area contributed by atoms with E-state index in [4.69, 9.17) is 4.74 Å². The second-order valence-electron chi connectivity index (χ2n) is 7.45. The standard InChI is InChI=1S/C20H21BrN2O3/c1-11-6-7-12(14-8-9-15(21)23-22-14)10-13(11)16-17(24)19(2,3)26-20(4,5)18(16)25/h6-10,24H,1-5H3. The average Bonchev–Trinajstić information content (AvgIpc) is 2.55. The molecule has 1 aliphatic heterocycles. The van der Waals surface area contributed by atoms with Gasteiger partial charge in [0.05, 0.1) is 11.3 Å². The van der Waals surface area contributed by atoms with Crippen LogP contribution in [0.4, 0.5) is 0 Å². The summed E-state index contributed by atoms with van der Waals surface area (Å²) >= 11 is 3.27. The van der Waals surface area contributed by atoms with Crippen LogP contribution in [0.3, 0.4) is 0 Å². The summed E-state index contributed by atoms with van der Waals surface area (Å²) in [7, 11) is 0. The van der Waals surface area contributed by atoms with E-state index >= 15 is 0 Å². The first-order chi connectivity index (χ1) is 12.0. The number of aliphatic hydroxyl groups excluding tert-OH is 1. The smallest absolute Gasteiger partial charge is 0.198 e. The zero-order valence-electron chi connectivity index (χ0n) is 15.4. The summed E-state index contributed by atoms with van der Waals surface area (Å²) in [6.07, 6.45) is 0. The number of ether oxygens (including phenoxy) is 1. The third kappa shape index (κ3) is 3.19. The number of hydrogen-bond acceptors (Lipinski definition) is 5. The van der Waals surface area contributed by atoms with E-state index in [1.165, 1.54) is 0 Å².